The van der Waals surface area contributed by atoms with E-state index >= 15 is 0 Å². The Morgan fingerprint density at radius 3 is 2.94 bits per heavy atom. The maximum atomic E-state index is 12.0. The Morgan fingerprint density at radius 1 is 1.56 bits per heavy atom. The van der Waals surface area contributed by atoms with Crippen LogP contribution in [0.4, 0.5) is 0 Å². The zero-order chi connectivity index (χ0) is 13.1. The second-order valence-corrected chi connectivity index (χ2v) is 4.75. The molecule has 0 aromatic heterocycles. The lowest BCUT2D eigenvalue weighted by Crippen LogP contribution is -2.35. The van der Waals surface area contributed by atoms with E-state index in [0.717, 1.165) is 18.4 Å². The summed E-state index contributed by atoms with van der Waals surface area (Å²) in [6, 6.07) is 7.33. The standard InChI is InChI=1S/C15H19NO2/c1-3-6-12-9-10-15(18)16(12)11(2)13-7-4-5-8-14(13)17/h3-5,7-8,11-12,17H,1,6,9-10H2,2H3/t11-,12+/m0/s1. The first kappa shape index (κ1) is 12.7. The fraction of sp³-hybridized carbons (Fsp3) is 0.400. The quantitative estimate of drug-likeness (QED) is 0.828. The molecule has 1 fully saturated rings. The normalized spacial score (nSPS) is 21.1. The smallest absolute Gasteiger partial charge is 0.223 e. The van der Waals surface area contributed by atoms with E-state index in [9.17, 15) is 9.90 Å². The summed E-state index contributed by atoms with van der Waals surface area (Å²) in [7, 11) is 0. The number of carbonyl (C=O) groups excluding carboxylic acids is 1. The lowest BCUT2D eigenvalue weighted by atomic mass is 10.0. The number of benzene rings is 1. The van der Waals surface area contributed by atoms with E-state index in [1.807, 2.05) is 30.0 Å². The molecule has 1 aliphatic rings. The van der Waals surface area contributed by atoms with Gasteiger partial charge in [0.25, 0.3) is 0 Å². The van der Waals surface area contributed by atoms with Crippen LogP contribution in [0.1, 0.15) is 37.8 Å². The second-order valence-electron chi connectivity index (χ2n) is 4.75. The molecule has 1 amide bonds. The molecule has 3 nitrogen and oxygen atoms in total. The van der Waals surface area contributed by atoms with Gasteiger partial charge in [0.15, 0.2) is 0 Å². The molecule has 0 bridgehead atoms. The molecule has 1 aromatic rings. The minimum absolute atomic E-state index is 0.0915. The van der Waals surface area contributed by atoms with Crippen LogP contribution >= 0.6 is 0 Å². The molecule has 1 heterocycles. The number of hydrogen-bond acceptors (Lipinski definition) is 2. The zero-order valence-corrected chi connectivity index (χ0v) is 10.7. The molecule has 1 N–H and O–H groups in total. The Labute approximate surface area is 108 Å². The van der Waals surface area contributed by atoms with Gasteiger partial charge in [-0.15, -0.1) is 6.58 Å². The van der Waals surface area contributed by atoms with Gasteiger partial charge in [0.2, 0.25) is 5.91 Å². The van der Waals surface area contributed by atoms with E-state index in [-0.39, 0.29) is 23.7 Å². The first-order valence-electron chi connectivity index (χ1n) is 6.35. The number of rotatable bonds is 4. The predicted octanol–water partition coefficient (Wildman–Crippen LogP) is 3.02. The summed E-state index contributed by atoms with van der Waals surface area (Å²) >= 11 is 0. The number of phenolic OH excluding ortho intramolecular Hbond substituents is 1. The van der Waals surface area contributed by atoms with E-state index in [1.54, 1.807) is 12.1 Å². The summed E-state index contributed by atoms with van der Waals surface area (Å²) in [6.07, 6.45) is 4.14. The molecule has 1 aliphatic heterocycles. The van der Waals surface area contributed by atoms with Crippen molar-refractivity contribution in [2.45, 2.75) is 38.3 Å². The molecule has 0 saturated carbocycles. The highest BCUT2D eigenvalue weighted by Crippen LogP contribution is 2.35. The molecule has 1 aromatic carbocycles. The van der Waals surface area contributed by atoms with Crippen LogP contribution in [0.3, 0.4) is 0 Å². The summed E-state index contributed by atoms with van der Waals surface area (Å²) in [5, 5.41) is 9.89. The Kier molecular flexibility index (Phi) is 3.70. The predicted molar refractivity (Wildman–Crippen MR) is 71.2 cm³/mol. The molecule has 0 spiro atoms. The van der Waals surface area contributed by atoms with Crippen LogP contribution in [0.25, 0.3) is 0 Å². The van der Waals surface area contributed by atoms with Crippen molar-refractivity contribution in [1.29, 1.82) is 0 Å². The van der Waals surface area contributed by atoms with Crippen molar-refractivity contribution >= 4 is 5.91 Å². The van der Waals surface area contributed by atoms with Crippen LogP contribution in [0, 0.1) is 0 Å². The van der Waals surface area contributed by atoms with Crippen LogP contribution in [-0.2, 0) is 4.79 Å². The number of nitrogens with zero attached hydrogens (tertiary/aromatic N) is 1. The van der Waals surface area contributed by atoms with Crippen molar-refractivity contribution < 1.29 is 9.90 Å². The van der Waals surface area contributed by atoms with Gasteiger partial charge in [-0.3, -0.25) is 4.79 Å². The molecule has 3 heteroatoms. The zero-order valence-electron chi connectivity index (χ0n) is 10.7. The first-order chi connectivity index (χ1) is 8.65. The maximum Gasteiger partial charge on any atom is 0.223 e. The number of phenols is 1. The summed E-state index contributed by atoms with van der Waals surface area (Å²) in [4.78, 5) is 13.9. The van der Waals surface area contributed by atoms with Crippen molar-refractivity contribution in [3.05, 3.63) is 42.5 Å². The van der Waals surface area contributed by atoms with Gasteiger partial charge in [0.1, 0.15) is 5.75 Å². The molecule has 0 aliphatic carbocycles. The average Bonchev–Trinajstić information content (AvgIpc) is 2.71. The number of para-hydroxylation sites is 1. The van der Waals surface area contributed by atoms with Crippen LogP contribution < -0.4 is 0 Å². The largest absolute Gasteiger partial charge is 0.508 e. The van der Waals surface area contributed by atoms with E-state index in [4.69, 9.17) is 0 Å². The Bertz CT molecular complexity index is 456. The molecule has 1 saturated heterocycles. The number of aromatic hydroxyl groups is 1. The van der Waals surface area contributed by atoms with E-state index in [0.29, 0.717) is 6.42 Å². The second kappa shape index (κ2) is 5.25. The van der Waals surface area contributed by atoms with Gasteiger partial charge in [-0.05, 0) is 25.8 Å². The van der Waals surface area contributed by atoms with E-state index in [2.05, 4.69) is 6.58 Å². The first-order valence-corrected chi connectivity index (χ1v) is 6.35. The maximum absolute atomic E-state index is 12.0. The van der Waals surface area contributed by atoms with Crippen LogP contribution in [-0.4, -0.2) is 22.0 Å². The Balaban J connectivity index is 2.26. The highest BCUT2D eigenvalue weighted by Gasteiger charge is 2.34. The number of carbonyl (C=O) groups is 1. The lowest BCUT2D eigenvalue weighted by molar-refractivity contribution is -0.131. The van der Waals surface area contributed by atoms with Gasteiger partial charge in [0, 0.05) is 18.0 Å². The van der Waals surface area contributed by atoms with Crippen LogP contribution in [0.5, 0.6) is 5.75 Å². The van der Waals surface area contributed by atoms with Gasteiger partial charge >= 0.3 is 0 Å². The SMILES string of the molecule is C=CC[C@@H]1CCC(=O)N1[C@@H](C)c1ccccc1O. The van der Waals surface area contributed by atoms with Crippen LogP contribution in [0.15, 0.2) is 36.9 Å². The summed E-state index contributed by atoms with van der Waals surface area (Å²) in [6.45, 7) is 5.71. The monoisotopic (exact) mass is 245 g/mol. The van der Waals surface area contributed by atoms with Gasteiger partial charge in [-0.1, -0.05) is 24.3 Å². The third-order valence-corrected chi connectivity index (χ3v) is 3.62. The van der Waals surface area contributed by atoms with Gasteiger partial charge < -0.3 is 10.0 Å². The third kappa shape index (κ3) is 2.26. The molecule has 0 radical (unpaired) electrons. The van der Waals surface area contributed by atoms with Gasteiger partial charge in [-0.25, -0.2) is 0 Å². The molecule has 2 atom stereocenters. The van der Waals surface area contributed by atoms with Gasteiger partial charge in [0.05, 0.1) is 6.04 Å². The fourth-order valence-electron chi connectivity index (χ4n) is 2.71. The Hall–Kier alpha value is -1.77. The molecular weight excluding hydrogens is 226 g/mol. The van der Waals surface area contributed by atoms with Crippen molar-refractivity contribution in [3.8, 4) is 5.75 Å². The number of hydrogen-bond donors (Lipinski definition) is 1. The average molecular weight is 245 g/mol. The van der Waals surface area contributed by atoms with Gasteiger partial charge in [-0.2, -0.15) is 0 Å². The van der Waals surface area contributed by atoms with Crippen LogP contribution in [0.2, 0.25) is 0 Å². The fourth-order valence-corrected chi connectivity index (χ4v) is 2.71. The van der Waals surface area contributed by atoms with E-state index in [1.165, 1.54) is 0 Å². The van der Waals surface area contributed by atoms with E-state index < -0.39 is 0 Å². The molecule has 96 valence electrons. The highest BCUT2D eigenvalue weighted by molar-refractivity contribution is 5.79. The van der Waals surface area contributed by atoms with Crippen molar-refractivity contribution in [2.75, 3.05) is 0 Å². The molecule has 0 unspecified atom stereocenters. The number of amides is 1. The summed E-state index contributed by atoms with van der Waals surface area (Å²) < 4.78 is 0. The summed E-state index contributed by atoms with van der Waals surface area (Å²) in [5.74, 6) is 0.416. The minimum Gasteiger partial charge on any atom is -0.508 e. The summed E-state index contributed by atoms with van der Waals surface area (Å²) in [5.41, 5.74) is 0.807. The van der Waals surface area contributed by atoms with Crippen molar-refractivity contribution in [1.82, 2.24) is 4.90 Å². The Morgan fingerprint density at radius 2 is 2.28 bits per heavy atom. The number of likely N-dealkylation sites (tertiary alicyclic amines) is 1. The lowest BCUT2D eigenvalue weighted by Gasteiger charge is -2.31. The van der Waals surface area contributed by atoms with Crippen molar-refractivity contribution in [2.24, 2.45) is 0 Å². The minimum atomic E-state index is -0.0915. The third-order valence-electron chi connectivity index (χ3n) is 3.62. The topological polar surface area (TPSA) is 40.5 Å². The molecular formula is C15H19NO2. The molecule has 2 rings (SSSR count). The molecule has 18 heavy (non-hydrogen) atoms. The van der Waals surface area contributed by atoms with Crippen molar-refractivity contribution in [3.63, 3.8) is 0 Å². The highest BCUT2D eigenvalue weighted by atomic mass is 16.3.